The molecule has 3 heterocycles. The first-order chi connectivity index (χ1) is 34.1. The fraction of sp³-hybridized carbons (Fsp3) is 0.941. The van der Waals surface area contributed by atoms with E-state index in [2.05, 4.69) is 46.0 Å². The maximum absolute atomic E-state index is 13.4. The number of nitrogens with two attached hydrogens (primary N) is 4. The molecule has 5 aliphatic carbocycles. The lowest BCUT2D eigenvalue weighted by molar-refractivity contribution is -0.310. The number of aliphatic hydroxyl groups excluding tert-OH is 8. The van der Waals surface area contributed by atoms with Crippen LogP contribution in [0.15, 0.2) is 11.6 Å². The van der Waals surface area contributed by atoms with Gasteiger partial charge in [0.25, 0.3) is 0 Å². The summed E-state index contributed by atoms with van der Waals surface area (Å²) in [5.41, 5.74) is 26.9. The number of hydrogen-bond acceptors (Lipinski definition) is 20. The van der Waals surface area contributed by atoms with Crippen LogP contribution in [0.25, 0.3) is 0 Å². The Morgan fingerprint density at radius 2 is 1.33 bits per heavy atom. The Morgan fingerprint density at radius 3 is 2.00 bits per heavy atom. The van der Waals surface area contributed by atoms with Gasteiger partial charge in [-0.25, -0.2) is 4.79 Å². The van der Waals surface area contributed by atoms with E-state index in [4.69, 9.17) is 56.1 Å². The Labute approximate surface area is 423 Å². The summed E-state index contributed by atoms with van der Waals surface area (Å²) in [6.45, 7) is 10.5. The zero-order valence-corrected chi connectivity index (χ0v) is 42.8. The van der Waals surface area contributed by atoms with Crippen molar-refractivity contribution < 1.29 is 78.8 Å². The van der Waals surface area contributed by atoms with Gasteiger partial charge in [-0.05, 0) is 97.7 Å². The van der Waals surface area contributed by atoms with Crippen LogP contribution in [0.4, 0.5) is 4.79 Å². The van der Waals surface area contributed by atoms with Gasteiger partial charge in [-0.15, -0.1) is 0 Å². The highest BCUT2D eigenvalue weighted by molar-refractivity contribution is 5.67. The summed E-state index contributed by atoms with van der Waals surface area (Å²) in [6, 6.07) is -4.53. The molecule has 414 valence electrons. The van der Waals surface area contributed by atoms with E-state index in [1.165, 1.54) is 50.5 Å². The molecule has 4 saturated carbocycles. The smallest absolute Gasteiger partial charge is 0.407 e. The summed E-state index contributed by atoms with van der Waals surface area (Å²) in [4.78, 5) is 13.4. The quantitative estimate of drug-likeness (QED) is 0.0852. The van der Waals surface area contributed by atoms with E-state index in [9.17, 15) is 45.6 Å². The van der Waals surface area contributed by atoms with Crippen LogP contribution in [0.5, 0.6) is 0 Å². The normalized spacial score (nSPS) is 49.9. The number of alkyl carbamates (subject to hydrolysis) is 1. The fourth-order valence-electron chi connectivity index (χ4n) is 14.8. The molecule has 8 rings (SSSR count). The molecule has 1 amide bonds. The average molecular weight is 1030 g/mol. The van der Waals surface area contributed by atoms with Gasteiger partial charge in [0.1, 0.15) is 73.2 Å². The van der Waals surface area contributed by atoms with Crippen molar-refractivity contribution in [3.63, 3.8) is 0 Å². The minimum absolute atomic E-state index is 0.0398. The number of hydrogen-bond donors (Lipinski definition) is 13. The van der Waals surface area contributed by atoms with Crippen LogP contribution in [-0.4, -0.2) is 189 Å². The Hall–Kier alpha value is -1.71. The third-order valence-electron chi connectivity index (χ3n) is 19.1. The van der Waals surface area contributed by atoms with Crippen molar-refractivity contribution in [2.75, 3.05) is 19.8 Å². The second kappa shape index (κ2) is 23.1. The zero-order valence-electron chi connectivity index (χ0n) is 42.8. The number of carbonyl (C=O) groups excluding carboxylic acids is 1. The minimum atomic E-state index is -1.70. The van der Waals surface area contributed by atoms with E-state index in [0.717, 1.165) is 42.9 Å². The van der Waals surface area contributed by atoms with Gasteiger partial charge in [0.05, 0.1) is 31.4 Å². The molecular weight excluding hydrogens is 939 g/mol. The molecule has 0 spiro atoms. The highest BCUT2D eigenvalue weighted by Gasteiger charge is 2.60. The van der Waals surface area contributed by atoms with Crippen molar-refractivity contribution in [2.45, 2.75) is 234 Å². The number of nitrogens with one attached hydrogen (secondary N) is 1. The molecule has 72 heavy (non-hydrogen) atoms. The van der Waals surface area contributed by atoms with Gasteiger partial charge in [0.2, 0.25) is 0 Å². The first-order valence-corrected chi connectivity index (χ1v) is 27.0. The molecule has 0 aromatic rings. The summed E-state index contributed by atoms with van der Waals surface area (Å²) < 4.78 is 41.7. The van der Waals surface area contributed by atoms with E-state index in [0.29, 0.717) is 23.7 Å². The standard InChI is InChI=1S/C51H89N5O16/c1-22(2)7-6-8-23(3)27-11-12-28-26-10-9-24-17-25(13-15-50(24,4)29(26)14-16-51(27,28)5)66-49(65)56-19-32-38(60)40(62)35(54)46(67-32)71-44-34(21-58)69-48(42(44)64)72-45-37(59)30(52)18-31(53)43(45)70-47-36(55)41(63)39(61)33(20-57)68-47/h9,22-23,25-48,57-64H,6-8,10-21,52-55H2,1-5H3,(H,56,65)/t23?,25?,26?,27-,28?,29?,30-,31?,32?,33?,34-,35-,36?,37?,38-,39-,40?,41-,42?,43-,44+,45-,46-,47-,48+,50+,51-/m1/s1. The molecule has 0 bridgehead atoms. The summed E-state index contributed by atoms with van der Waals surface area (Å²) >= 11 is 0. The molecule has 0 aromatic heterocycles. The third-order valence-corrected chi connectivity index (χ3v) is 19.1. The molecule has 3 saturated heterocycles. The maximum Gasteiger partial charge on any atom is 0.407 e. The summed E-state index contributed by atoms with van der Waals surface area (Å²) in [5.74, 6) is 4.34. The largest absolute Gasteiger partial charge is 0.446 e. The topological polar surface area (TPSA) is 360 Å². The predicted molar refractivity (Wildman–Crippen MR) is 259 cm³/mol. The molecule has 21 nitrogen and oxygen atoms in total. The number of ether oxygens (including phenoxy) is 7. The van der Waals surface area contributed by atoms with Gasteiger partial charge in [-0.2, -0.15) is 0 Å². The lowest BCUT2D eigenvalue weighted by Crippen LogP contribution is -2.68. The number of aliphatic hydroxyl groups is 8. The first kappa shape index (κ1) is 56.5. The van der Waals surface area contributed by atoms with Gasteiger partial charge >= 0.3 is 6.09 Å². The molecular formula is C51H89N5O16. The fourth-order valence-corrected chi connectivity index (χ4v) is 14.8. The lowest BCUT2D eigenvalue weighted by Gasteiger charge is -2.58. The molecule has 21 heteroatoms. The van der Waals surface area contributed by atoms with Crippen molar-refractivity contribution in [3.05, 3.63) is 11.6 Å². The highest BCUT2D eigenvalue weighted by atomic mass is 16.8. The van der Waals surface area contributed by atoms with E-state index in [-0.39, 0.29) is 24.5 Å². The second-order valence-electron chi connectivity index (χ2n) is 23.9. The lowest BCUT2D eigenvalue weighted by atomic mass is 9.47. The molecule has 17 N–H and O–H groups in total. The van der Waals surface area contributed by atoms with Gasteiger partial charge in [0, 0.05) is 25.0 Å². The molecule has 7 fully saturated rings. The Bertz CT molecular complexity index is 1840. The Balaban J connectivity index is 0.847. The number of amides is 1. The van der Waals surface area contributed by atoms with Crippen LogP contribution in [0.2, 0.25) is 0 Å². The average Bonchev–Trinajstić information content (AvgIpc) is 3.86. The molecule has 8 aliphatic rings. The second-order valence-corrected chi connectivity index (χ2v) is 23.9. The van der Waals surface area contributed by atoms with Crippen LogP contribution in [0, 0.1) is 46.3 Å². The summed E-state index contributed by atoms with van der Waals surface area (Å²) in [7, 11) is 0. The van der Waals surface area contributed by atoms with Crippen LogP contribution in [-0.2, 0) is 33.2 Å². The summed E-state index contributed by atoms with van der Waals surface area (Å²) in [6.07, 6.45) is -7.80. The van der Waals surface area contributed by atoms with Crippen LogP contribution >= 0.6 is 0 Å². The zero-order chi connectivity index (χ0) is 52.1. The van der Waals surface area contributed by atoms with E-state index in [1.54, 1.807) is 0 Å². The monoisotopic (exact) mass is 1030 g/mol. The van der Waals surface area contributed by atoms with Crippen molar-refractivity contribution in [1.82, 2.24) is 5.32 Å². The SMILES string of the molecule is CC(C)CCCC(C)[C@H]1CCC2C3CC=C4CC(OC(=O)NCC5O[C@H](O[C@@H]6C(O)[C@H](O[C@@H]7C(O)[C@H](N)CC(N)[C@H]7O[C@H]7OC(CO)[C@@H](O)[C@H](O)C7N)O[C@@H]6CO)[C@H](N)C(O)[C@@H]5O)CC[C@]4(C)C3CC[C@@]21C. The van der Waals surface area contributed by atoms with Crippen LogP contribution in [0.3, 0.4) is 0 Å². The van der Waals surface area contributed by atoms with Crippen LogP contribution < -0.4 is 28.3 Å². The van der Waals surface area contributed by atoms with Gasteiger partial charge in [-0.3, -0.25) is 0 Å². The first-order valence-electron chi connectivity index (χ1n) is 27.0. The molecule has 3 aliphatic heterocycles. The third kappa shape index (κ3) is 11.0. The molecule has 0 radical (unpaired) electrons. The number of fused-ring (bicyclic) bond motifs is 5. The van der Waals surface area contributed by atoms with Crippen molar-refractivity contribution in [2.24, 2.45) is 69.3 Å². The van der Waals surface area contributed by atoms with Crippen molar-refractivity contribution >= 4 is 6.09 Å². The van der Waals surface area contributed by atoms with Gasteiger partial charge in [-0.1, -0.05) is 65.5 Å². The number of allylic oxidation sites excluding steroid dienone is 1. The molecule has 0 aromatic carbocycles. The predicted octanol–water partition coefficient (Wildman–Crippen LogP) is -0.684. The van der Waals surface area contributed by atoms with E-state index >= 15 is 0 Å². The molecule has 27 atom stereocenters. The maximum atomic E-state index is 13.4. The Kier molecular flexibility index (Phi) is 18.1. The number of rotatable bonds is 16. The van der Waals surface area contributed by atoms with Gasteiger partial charge in [0.15, 0.2) is 18.9 Å². The highest BCUT2D eigenvalue weighted by Crippen LogP contribution is 2.67. The molecule has 12 unspecified atom stereocenters. The Morgan fingerprint density at radius 1 is 0.708 bits per heavy atom. The van der Waals surface area contributed by atoms with Crippen molar-refractivity contribution in [1.29, 1.82) is 0 Å². The van der Waals surface area contributed by atoms with E-state index in [1.807, 2.05) is 0 Å². The minimum Gasteiger partial charge on any atom is -0.446 e. The van der Waals surface area contributed by atoms with Crippen molar-refractivity contribution in [3.8, 4) is 0 Å². The van der Waals surface area contributed by atoms with Crippen LogP contribution in [0.1, 0.15) is 112 Å². The van der Waals surface area contributed by atoms with E-state index < -0.39 is 136 Å². The summed E-state index contributed by atoms with van der Waals surface area (Å²) in [5, 5.41) is 88.5. The number of carbonyl (C=O) groups is 1. The van der Waals surface area contributed by atoms with Gasteiger partial charge < -0.3 is 102 Å².